The molecule has 0 spiro atoms. The molecule has 0 saturated heterocycles. The summed E-state index contributed by atoms with van der Waals surface area (Å²) < 4.78 is 5.24. The number of pyridine rings is 1. The number of fused-ring (bicyclic) bond motifs is 2. The molecule has 6 nitrogen and oxygen atoms in total. The lowest BCUT2D eigenvalue weighted by atomic mass is 9.97. The normalized spacial score (nSPS) is 13.2. The van der Waals surface area contributed by atoms with Crippen molar-refractivity contribution in [2.75, 3.05) is 7.11 Å². The average molecular weight is 439 g/mol. The highest BCUT2D eigenvalue weighted by atomic mass is 35.5. The number of nitrogens with zero attached hydrogens (tertiary/aromatic N) is 3. The van der Waals surface area contributed by atoms with Crippen molar-refractivity contribution in [3.63, 3.8) is 0 Å². The van der Waals surface area contributed by atoms with Crippen LogP contribution in [0, 0.1) is 0 Å². The number of hydrogen-bond donors (Lipinski definition) is 1. The molecule has 0 saturated carbocycles. The number of halogens is 2. The van der Waals surface area contributed by atoms with Gasteiger partial charge in [-0.05, 0) is 47.5 Å². The summed E-state index contributed by atoms with van der Waals surface area (Å²) in [5.74, 6) is 1.31. The molecule has 1 aliphatic heterocycles. The summed E-state index contributed by atoms with van der Waals surface area (Å²) in [6, 6.07) is 14.8. The zero-order valence-electron chi connectivity index (χ0n) is 15.9. The molecule has 150 valence electrons. The topological polar surface area (TPSA) is 71.1 Å². The number of amides is 1. The Balaban J connectivity index is 1.47. The number of benzene rings is 2. The maximum Gasteiger partial charge on any atom is 0.254 e. The molecule has 2 aromatic carbocycles. The molecule has 5 rings (SSSR count). The molecular formula is C22H16Cl2N4O2. The Hall–Kier alpha value is -3.09. The number of carbonyl (C=O) groups excluding carboxylic acids is 1. The lowest BCUT2D eigenvalue weighted by Crippen LogP contribution is -2.23. The van der Waals surface area contributed by atoms with E-state index < -0.39 is 0 Å². The summed E-state index contributed by atoms with van der Waals surface area (Å²) in [4.78, 5) is 26.7. The Morgan fingerprint density at radius 3 is 2.70 bits per heavy atom. The Morgan fingerprint density at radius 2 is 1.90 bits per heavy atom. The fraction of sp³-hybridized carbons (Fsp3) is 0.136. The van der Waals surface area contributed by atoms with Crippen LogP contribution < -0.4 is 4.74 Å². The van der Waals surface area contributed by atoms with Gasteiger partial charge in [-0.2, -0.15) is 0 Å². The third-order valence-corrected chi connectivity index (χ3v) is 5.73. The van der Waals surface area contributed by atoms with Crippen LogP contribution in [0.5, 0.6) is 5.75 Å². The van der Waals surface area contributed by atoms with Crippen molar-refractivity contribution >= 4 is 40.3 Å². The first-order valence-electron chi connectivity index (χ1n) is 9.29. The Morgan fingerprint density at radius 1 is 1.07 bits per heavy atom. The summed E-state index contributed by atoms with van der Waals surface area (Å²) >= 11 is 12.4. The van der Waals surface area contributed by atoms with Gasteiger partial charge in [0.25, 0.3) is 5.91 Å². The molecule has 1 amide bonds. The number of aromatic amines is 1. The third kappa shape index (κ3) is 3.18. The van der Waals surface area contributed by atoms with Gasteiger partial charge in [0.05, 0.1) is 24.2 Å². The molecule has 0 fully saturated rings. The molecule has 0 atom stereocenters. The Labute approximate surface area is 182 Å². The molecule has 0 aliphatic carbocycles. The van der Waals surface area contributed by atoms with Crippen LogP contribution in [0.3, 0.4) is 0 Å². The summed E-state index contributed by atoms with van der Waals surface area (Å²) in [5, 5.41) is 0.958. The summed E-state index contributed by atoms with van der Waals surface area (Å²) in [6.07, 6.45) is 0. The quantitative estimate of drug-likeness (QED) is 0.450. The molecule has 3 heterocycles. The van der Waals surface area contributed by atoms with E-state index in [0.29, 0.717) is 46.0 Å². The van der Waals surface area contributed by atoms with Gasteiger partial charge in [0, 0.05) is 17.7 Å². The molecule has 1 aliphatic rings. The van der Waals surface area contributed by atoms with E-state index in [1.807, 2.05) is 36.4 Å². The fourth-order valence-corrected chi connectivity index (χ4v) is 4.20. The highest BCUT2D eigenvalue weighted by Gasteiger charge is 2.30. The van der Waals surface area contributed by atoms with Crippen LogP contribution in [0.4, 0.5) is 0 Å². The highest BCUT2D eigenvalue weighted by molar-refractivity contribution is 6.33. The van der Waals surface area contributed by atoms with Crippen molar-refractivity contribution < 1.29 is 9.53 Å². The van der Waals surface area contributed by atoms with Gasteiger partial charge in [0.1, 0.15) is 16.7 Å². The van der Waals surface area contributed by atoms with E-state index in [0.717, 1.165) is 22.2 Å². The first-order chi connectivity index (χ1) is 14.5. The van der Waals surface area contributed by atoms with E-state index in [1.54, 1.807) is 24.1 Å². The van der Waals surface area contributed by atoms with Crippen LogP contribution in [-0.2, 0) is 13.1 Å². The Kier molecular flexibility index (Phi) is 4.60. The van der Waals surface area contributed by atoms with Gasteiger partial charge >= 0.3 is 0 Å². The fourth-order valence-electron chi connectivity index (χ4n) is 3.79. The van der Waals surface area contributed by atoms with E-state index in [9.17, 15) is 4.79 Å². The second kappa shape index (κ2) is 7.31. The number of hydrogen-bond acceptors (Lipinski definition) is 4. The minimum atomic E-state index is -0.0390. The van der Waals surface area contributed by atoms with E-state index in [-0.39, 0.29) is 5.91 Å². The summed E-state index contributed by atoms with van der Waals surface area (Å²) in [6.45, 7) is 0.815. The van der Waals surface area contributed by atoms with Crippen molar-refractivity contribution in [1.29, 1.82) is 0 Å². The second-order valence-corrected chi connectivity index (χ2v) is 7.82. The maximum absolute atomic E-state index is 13.0. The minimum absolute atomic E-state index is 0.0390. The summed E-state index contributed by atoms with van der Waals surface area (Å²) in [5.41, 5.74) is 4.75. The molecule has 4 aromatic rings. The number of aromatic nitrogens is 3. The lowest BCUT2D eigenvalue weighted by molar-refractivity contribution is 0.0763. The van der Waals surface area contributed by atoms with Gasteiger partial charge in [-0.1, -0.05) is 35.3 Å². The molecule has 1 N–H and O–H groups in total. The molecule has 30 heavy (non-hydrogen) atoms. The number of methoxy groups -OCH3 is 1. The molecule has 0 bridgehead atoms. The number of nitrogens with one attached hydrogen (secondary N) is 1. The van der Waals surface area contributed by atoms with Gasteiger partial charge in [-0.15, -0.1) is 0 Å². The monoisotopic (exact) mass is 438 g/mol. The van der Waals surface area contributed by atoms with Crippen LogP contribution in [-0.4, -0.2) is 32.9 Å². The molecule has 0 radical (unpaired) electrons. The number of ether oxygens (including phenoxy) is 1. The van der Waals surface area contributed by atoms with Crippen LogP contribution in [0.15, 0.2) is 48.5 Å². The minimum Gasteiger partial charge on any atom is -0.497 e. The standard InChI is InChI=1S/C22H16Cl2N4O2/c1-30-12-5-6-14(17(23)9-12)13-3-2-4-15-16(13)10-28(22(15)29)11-20-25-18-7-8-19(24)26-21(18)27-20/h2-9H,10-11H2,1H3,(H,25,26,27). The predicted molar refractivity (Wildman–Crippen MR) is 116 cm³/mol. The first kappa shape index (κ1) is 18.9. The third-order valence-electron chi connectivity index (χ3n) is 5.21. The smallest absolute Gasteiger partial charge is 0.254 e. The maximum atomic E-state index is 13.0. The van der Waals surface area contributed by atoms with Crippen molar-refractivity contribution in [2.24, 2.45) is 0 Å². The molecule has 8 heteroatoms. The molecule has 2 aromatic heterocycles. The van der Waals surface area contributed by atoms with Crippen molar-refractivity contribution in [3.8, 4) is 16.9 Å². The van der Waals surface area contributed by atoms with E-state index in [2.05, 4.69) is 15.0 Å². The van der Waals surface area contributed by atoms with Crippen LogP contribution >= 0.6 is 23.2 Å². The van der Waals surface area contributed by atoms with Gasteiger partial charge in [0.15, 0.2) is 5.65 Å². The van der Waals surface area contributed by atoms with Crippen molar-refractivity contribution in [3.05, 3.63) is 75.7 Å². The van der Waals surface area contributed by atoms with Crippen LogP contribution in [0.2, 0.25) is 10.2 Å². The zero-order chi connectivity index (χ0) is 20.8. The number of H-pyrrole nitrogens is 1. The largest absolute Gasteiger partial charge is 0.497 e. The van der Waals surface area contributed by atoms with Gasteiger partial charge in [-0.25, -0.2) is 9.97 Å². The number of rotatable bonds is 4. The van der Waals surface area contributed by atoms with Crippen LogP contribution in [0.25, 0.3) is 22.3 Å². The van der Waals surface area contributed by atoms with E-state index >= 15 is 0 Å². The predicted octanol–water partition coefficient (Wildman–Crippen LogP) is 5.10. The first-order valence-corrected chi connectivity index (χ1v) is 10.1. The SMILES string of the molecule is COc1ccc(-c2cccc3c2CN(Cc2nc4nc(Cl)ccc4[nH]2)C3=O)c(Cl)c1. The van der Waals surface area contributed by atoms with Gasteiger partial charge in [-0.3, -0.25) is 4.79 Å². The number of carbonyl (C=O) groups is 1. The van der Waals surface area contributed by atoms with Gasteiger partial charge < -0.3 is 14.6 Å². The lowest BCUT2D eigenvalue weighted by Gasteiger charge is -2.14. The second-order valence-electron chi connectivity index (χ2n) is 7.03. The van der Waals surface area contributed by atoms with E-state index in [1.165, 1.54) is 0 Å². The van der Waals surface area contributed by atoms with E-state index in [4.69, 9.17) is 27.9 Å². The average Bonchev–Trinajstić information content (AvgIpc) is 3.28. The zero-order valence-corrected chi connectivity index (χ0v) is 17.5. The summed E-state index contributed by atoms with van der Waals surface area (Å²) in [7, 11) is 1.60. The molecule has 0 unspecified atom stereocenters. The van der Waals surface area contributed by atoms with Crippen molar-refractivity contribution in [1.82, 2.24) is 19.9 Å². The van der Waals surface area contributed by atoms with Crippen LogP contribution in [0.1, 0.15) is 21.7 Å². The molecular weight excluding hydrogens is 423 g/mol. The van der Waals surface area contributed by atoms with Crippen molar-refractivity contribution in [2.45, 2.75) is 13.1 Å². The van der Waals surface area contributed by atoms with Gasteiger partial charge in [0.2, 0.25) is 0 Å². The highest BCUT2D eigenvalue weighted by Crippen LogP contribution is 2.37. The Bertz CT molecular complexity index is 1300. The number of imidazole rings is 1.